The Bertz CT molecular complexity index is 1340. The third-order valence-corrected chi connectivity index (χ3v) is 6.70. The second-order valence-corrected chi connectivity index (χ2v) is 9.39. The van der Waals surface area contributed by atoms with Gasteiger partial charge in [-0.05, 0) is 65.9 Å². The van der Waals surface area contributed by atoms with Gasteiger partial charge in [0.1, 0.15) is 5.76 Å². The highest BCUT2D eigenvalue weighted by molar-refractivity contribution is 5.95. The summed E-state index contributed by atoms with van der Waals surface area (Å²) >= 11 is 0. The van der Waals surface area contributed by atoms with Gasteiger partial charge < -0.3 is 15.2 Å². The molecule has 2 N–H and O–H groups in total. The van der Waals surface area contributed by atoms with E-state index < -0.39 is 0 Å². The lowest BCUT2D eigenvalue weighted by Crippen LogP contribution is -2.42. The molecule has 6 heteroatoms. The molecule has 3 aromatic carbocycles. The van der Waals surface area contributed by atoms with Crippen LogP contribution in [0.1, 0.15) is 32.9 Å². The molecule has 36 heavy (non-hydrogen) atoms. The van der Waals surface area contributed by atoms with E-state index in [2.05, 4.69) is 69.2 Å². The van der Waals surface area contributed by atoms with Gasteiger partial charge in [-0.15, -0.1) is 0 Å². The molecule has 0 unspecified atom stereocenters. The number of nitrogens with zero attached hydrogens (tertiary/aromatic N) is 2. The molecule has 0 aliphatic carbocycles. The van der Waals surface area contributed by atoms with Crippen LogP contribution >= 0.6 is 0 Å². The smallest absolute Gasteiger partial charge is 0.251 e. The van der Waals surface area contributed by atoms with E-state index in [4.69, 9.17) is 4.52 Å². The van der Waals surface area contributed by atoms with Gasteiger partial charge in [0.05, 0.1) is 5.69 Å². The maximum Gasteiger partial charge on any atom is 0.251 e. The summed E-state index contributed by atoms with van der Waals surface area (Å²) in [5, 5.41) is 10.5. The number of piperazine rings is 1. The molecule has 1 saturated heterocycles. The number of nitrogens with one attached hydrogen (secondary N) is 2. The molecule has 1 aromatic heterocycles. The highest BCUT2D eigenvalue weighted by Crippen LogP contribution is 2.27. The normalized spacial score (nSPS) is 14.1. The number of aryl methyl sites for hydroxylation is 2. The molecular weight excluding hydrogens is 448 g/mol. The van der Waals surface area contributed by atoms with E-state index in [1.807, 2.05) is 38.1 Å². The average Bonchev–Trinajstić information content (AvgIpc) is 3.26. The highest BCUT2D eigenvalue weighted by Gasteiger charge is 2.14. The quantitative estimate of drug-likeness (QED) is 0.391. The molecule has 2 heterocycles. The molecule has 5 rings (SSSR count). The molecule has 1 aliphatic rings. The number of aromatic nitrogens is 1. The van der Waals surface area contributed by atoms with Crippen molar-refractivity contribution in [2.24, 2.45) is 0 Å². The SMILES string of the molecule is Cc1noc(C)c1-c1cccc(C(=O)NCc2cccc(-c3cccc(CN4CCNCC4)c3)c2)c1. The first-order chi connectivity index (χ1) is 17.6. The molecule has 1 fully saturated rings. The Morgan fingerprint density at radius 1 is 0.917 bits per heavy atom. The van der Waals surface area contributed by atoms with Crippen LogP contribution in [0, 0.1) is 13.8 Å². The number of benzene rings is 3. The summed E-state index contributed by atoms with van der Waals surface area (Å²) in [6.07, 6.45) is 0. The van der Waals surface area contributed by atoms with Crippen LogP contribution in [-0.4, -0.2) is 42.1 Å². The number of hydrogen-bond donors (Lipinski definition) is 2. The maximum absolute atomic E-state index is 12.9. The average molecular weight is 481 g/mol. The molecular formula is C30H32N4O2. The Morgan fingerprint density at radius 2 is 1.58 bits per heavy atom. The van der Waals surface area contributed by atoms with Crippen LogP contribution in [0.3, 0.4) is 0 Å². The Balaban J connectivity index is 1.26. The molecule has 0 radical (unpaired) electrons. The van der Waals surface area contributed by atoms with E-state index in [1.165, 1.54) is 11.1 Å². The predicted octanol–water partition coefficient (Wildman–Crippen LogP) is 4.96. The summed E-state index contributed by atoms with van der Waals surface area (Å²) in [7, 11) is 0. The lowest BCUT2D eigenvalue weighted by molar-refractivity contribution is 0.0951. The summed E-state index contributed by atoms with van der Waals surface area (Å²) in [6, 6.07) is 24.7. The van der Waals surface area contributed by atoms with Crippen LogP contribution in [0.2, 0.25) is 0 Å². The monoisotopic (exact) mass is 480 g/mol. The molecule has 4 aromatic rings. The predicted molar refractivity (Wildman–Crippen MR) is 143 cm³/mol. The third-order valence-electron chi connectivity index (χ3n) is 6.70. The van der Waals surface area contributed by atoms with Gasteiger partial charge in [-0.25, -0.2) is 0 Å². The van der Waals surface area contributed by atoms with Crippen molar-refractivity contribution in [3.8, 4) is 22.3 Å². The zero-order valence-corrected chi connectivity index (χ0v) is 20.9. The summed E-state index contributed by atoms with van der Waals surface area (Å²) in [5.41, 5.74) is 8.05. The summed E-state index contributed by atoms with van der Waals surface area (Å²) < 4.78 is 5.29. The fourth-order valence-corrected chi connectivity index (χ4v) is 4.83. The van der Waals surface area contributed by atoms with Crippen molar-refractivity contribution >= 4 is 5.91 Å². The van der Waals surface area contributed by atoms with Crippen molar-refractivity contribution in [1.29, 1.82) is 0 Å². The van der Waals surface area contributed by atoms with Crippen molar-refractivity contribution in [1.82, 2.24) is 20.7 Å². The van der Waals surface area contributed by atoms with Gasteiger partial charge in [0.2, 0.25) is 0 Å². The third kappa shape index (κ3) is 5.56. The Labute approximate surface area is 212 Å². The van der Waals surface area contributed by atoms with E-state index in [9.17, 15) is 4.79 Å². The van der Waals surface area contributed by atoms with Crippen LogP contribution in [-0.2, 0) is 13.1 Å². The van der Waals surface area contributed by atoms with Crippen LogP contribution < -0.4 is 10.6 Å². The van der Waals surface area contributed by atoms with Gasteiger partial charge in [-0.1, -0.05) is 53.7 Å². The molecule has 0 bridgehead atoms. The van der Waals surface area contributed by atoms with E-state index in [-0.39, 0.29) is 5.91 Å². The van der Waals surface area contributed by atoms with Gasteiger partial charge in [0.15, 0.2) is 0 Å². The first kappa shape index (κ1) is 24.0. The fourth-order valence-electron chi connectivity index (χ4n) is 4.83. The van der Waals surface area contributed by atoms with Crippen LogP contribution in [0.5, 0.6) is 0 Å². The number of carbonyl (C=O) groups excluding carboxylic acids is 1. The highest BCUT2D eigenvalue weighted by atomic mass is 16.5. The van der Waals surface area contributed by atoms with Crippen LogP contribution in [0.15, 0.2) is 77.3 Å². The molecule has 0 atom stereocenters. The standard InChI is InChI=1S/C30H32N4O2/c1-21-29(22(2)36-33-21)27-10-5-11-28(18-27)30(35)32-19-23-6-3-8-25(16-23)26-9-4-7-24(17-26)20-34-14-12-31-13-15-34/h3-11,16-18,31H,12-15,19-20H2,1-2H3,(H,32,35). The summed E-state index contributed by atoms with van der Waals surface area (Å²) in [5.74, 6) is 0.644. The molecule has 1 amide bonds. The van der Waals surface area contributed by atoms with Crippen molar-refractivity contribution in [2.75, 3.05) is 26.2 Å². The van der Waals surface area contributed by atoms with Gasteiger partial charge in [-0.2, -0.15) is 0 Å². The zero-order chi connectivity index (χ0) is 24.9. The first-order valence-electron chi connectivity index (χ1n) is 12.5. The molecule has 6 nitrogen and oxygen atoms in total. The largest absolute Gasteiger partial charge is 0.361 e. The van der Waals surface area contributed by atoms with E-state index in [0.29, 0.717) is 12.1 Å². The fraction of sp³-hybridized carbons (Fsp3) is 0.267. The van der Waals surface area contributed by atoms with Crippen molar-refractivity contribution in [3.63, 3.8) is 0 Å². The molecule has 1 aliphatic heterocycles. The van der Waals surface area contributed by atoms with Crippen LogP contribution in [0.4, 0.5) is 0 Å². The zero-order valence-electron chi connectivity index (χ0n) is 20.9. The van der Waals surface area contributed by atoms with E-state index >= 15 is 0 Å². The van der Waals surface area contributed by atoms with Gasteiger partial charge >= 0.3 is 0 Å². The Morgan fingerprint density at radius 3 is 2.31 bits per heavy atom. The summed E-state index contributed by atoms with van der Waals surface area (Å²) in [4.78, 5) is 15.4. The second kappa shape index (κ2) is 10.9. The summed E-state index contributed by atoms with van der Waals surface area (Å²) in [6.45, 7) is 9.50. The van der Waals surface area contributed by atoms with E-state index in [1.54, 1.807) is 0 Å². The van der Waals surface area contributed by atoms with E-state index in [0.717, 1.165) is 66.4 Å². The maximum atomic E-state index is 12.9. The molecule has 0 saturated carbocycles. The van der Waals surface area contributed by atoms with Gasteiger partial charge in [-0.3, -0.25) is 9.69 Å². The molecule has 0 spiro atoms. The van der Waals surface area contributed by atoms with Crippen molar-refractivity contribution in [3.05, 3.63) is 101 Å². The topological polar surface area (TPSA) is 70.4 Å². The Hall–Kier alpha value is -3.74. The van der Waals surface area contributed by atoms with Crippen molar-refractivity contribution < 1.29 is 9.32 Å². The lowest BCUT2D eigenvalue weighted by Gasteiger charge is -2.27. The number of hydrogen-bond acceptors (Lipinski definition) is 5. The minimum absolute atomic E-state index is 0.105. The number of amides is 1. The second-order valence-electron chi connectivity index (χ2n) is 9.39. The van der Waals surface area contributed by atoms with Crippen LogP contribution in [0.25, 0.3) is 22.3 Å². The molecule has 184 valence electrons. The lowest BCUT2D eigenvalue weighted by atomic mass is 10.0. The van der Waals surface area contributed by atoms with Gasteiger partial charge in [0, 0.05) is 50.4 Å². The number of carbonyl (C=O) groups is 1. The number of rotatable bonds is 7. The Kier molecular flexibility index (Phi) is 7.26. The minimum atomic E-state index is -0.105. The minimum Gasteiger partial charge on any atom is -0.361 e. The first-order valence-corrected chi connectivity index (χ1v) is 12.5. The van der Waals surface area contributed by atoms with Crippen molar-refractivity contribution in [2.45, 2.75) is 26.9 Å². The van der Waals surface area contributed by atoms with Gasteiger partial charge in [0.25, 0.3) is 5.91 Å².